The molecule has 67 heavy (non-hydrogen) atoms. The van der Waals surface area contributed by atoms with Crippen LogP contribution in [0.1, 0.15) is 0 Å². The van der Waals surface area contributed by atoms with Crippen molar-refractivity contribution in [3.63, 3.8) is 0 Å². The van der Waals surface area contributed by atoms with Gasteiger partial charge in [-0.15, -0.1) is 24.0 Å². The van der Waals surface area contributed by atoms with Crippen LogP contribution in [-0.4, -0.2) is 33.0 Å². The number of hydrogen-bond acceptors (Lipinski definition) is 7. The molecule has 0 spiro atoms. The maximum absolute atomic E-state index is 6.18. The summed E-state index contributed by atoms with van der Waals surface area (Å²) in [5.41, 5.74) is 20.8. The first kappa shape index (κ1) is 44.3. The fourth-order valence-electron chi connectivity index (χ4n) is 8.71. The largest absolute Gasteiger partial charge is 0.497 e. The number of anilines is 7. The minimum atomic E-state index is 0. The quantitative estimate of drug-likeness (QED) is 0.0911. The Morgan fingerprint density at radius 2 is 0.597 bits per heavy atom. The van der Waals surface area contributed by atoms with Crippen LogP contribution in [0.25, 0.3) is 49.7 Å². The highest BCUT2D eigenvalue weighted by Crippen LogP contribution is 2.41. The Bertz CT molecular complexity index is 2970. The number of nitrogens with two attached hydrogens (primary N) is 1. The van der Waals surface area contributed by atoms with Gasteiger partial charge in [0.2, 0.25) is 0 Å². The minimum Gasteiger partial charge on any atom is -0.497 e. The Morgan fingerprint density at radius 1 is 0.328 bits per heavy atom. The van der Waals surface area contributed by atoms with Crippen LogP contribution in [0, 0.1) is 0 Å². The van der Waals surface area contributed by atoms with Crippen LogP contribution < -0.4 is 34.5 Å². The highest BCUT2D eigenvalue weighted by atomic mass is 127. The smallest absolute Gasteiger partial charge is 0.119 e. The number of aromatic nitrogens is 1. The van der Waals surface area contributed by atoms with Gasteiger partial charge in [-0.2, -0.15) is 0 Å². The number of nitrogens with zero attached hydrogens (tertiary/aromatic N) is 3. The van der Waals surface area contributed by atoms with Crippen molar-refractivity contribution >= 4 is 85.6 Å². The average molecular weight is 993 g/mol. The van der Waals surface area contributed by atoms with Gasteiger partial charge in [-0.25, -0.2) is 0 Å². The van der Waals surface area contributed by atoms with Gasteiger partial charge in [-0.3, -0.25) is 0 Å². The second-order valence-electron chi connectivity index (χ2n) is 15.9. The average Bonchev–Trinajstić information content (AvgIpc) is 3.71. The van der Waals surface area contributed by atoms with Crippen LogP contribution in [0.2, 0.25) is 0 Å². The van der Waals surface area contributed by atoms with Crippen LogP contribution in [0.5, 0.6) is 23.0 Å². The molecule has 0 amide bonds. The topological polar surface area (TPSA) is 74.4 Å². The second kappa shape index (κ2) is 19.3. The molecule has 0 aliphatic heterocycles. The third-order valence-corrected chi connectivity index (χ3v) is 12.2. The molecule has 0 atom stereocenters. The molecule has 0 aliphatic carbocycles. The van der Waals surface area contributed by atoms with Crippen molar-refractivity contribution in [3.8, 4) is 50.9 Å². The van der Waals surface area contributed by atoms with Crippen LogP contribution in [0.15, 0.2) is 206 Å². The molecule has 0 fully saturated rings. The van der Waals surface area contributed by atoms with E-state index in [-0.39, 0.29) is 24.0 Å². The summed E-state index contributed by atoms with van der Waals surface area (Å²) in [4.78, 5) is 4.46. The summed E-state index contributed by atoms with van der Waals surface area (Å²) < 4.78 is 24.2. The van der Waals surface area contributed by atoms with Crippen molar-refractivity contribution in [2.75, 3.05) is 44.0 Å². The van der Waals surface area contributed by atoms with Crippen LogP contribution in [0.4, 0.5) is 39.8 Å². The summed E-state index contributed by atoms with van der Waals surface area (Å²) in [6, 6.07) is 71.6. The molecule has 10 aromatic rings. The van der Waals surface area contributed by atoms with E-state index in [1.165, 1.54) is 0 Å². The lowest BCUT2D eigenvalue weighted by molar-refractivity contribution is 0.414. The fraction of sp³-hybridized carbons (Fsp3) is 0.0690. The van der Waals surface area contributed by atoms with Crippen molar-refractivity contribution in [1.29, 1.82) is 0 Å². The lowest BCUT2D eigenvalue weighted by atomic mass is 9.99. The van der Waals surface area contributed by atoms with Crippen LogP contribution >= 0.6 is 24.0 Å². The monoisotopic (exact) mass is 992 g/mol. The van der Waals surface area contributed by atoms with E-state index in [1.54, 1.807) is 28.4 Å². The Morgan fingerprint density at radius 3 is 0.881 bits per heavy atom. The molecule has 332 valence electrons. The molecule has 0 radical (unpaired) electrons. The van der Waals surface area contributed by atoms with E-state index in [0.717, 1.165) is 113 Å². The number of benzene rings is 9. The van der Waals surface area contributed by atoms with Gasteiger partial charge in [-0.05, 0) is 192 Å². The summed E-state index contributed by atoms with van der Waals surface area (Å²) in [7, 11) is 6.73. The first-order chi connectivity index (χ1) is 32.4. The zero-order chi connectivity index (χ0) is 45.1. The summed E-state index contributed by atoms with van der Waals surface area (Å²) in [5, 5.41) is 2.32. The van der Waals surface area contributed by atoms with Gasteiger partial charge in [0.1, 0.15) is 23.0 Å². The second-order valence-corrected chi connectivity index (χ2v) is 15.9. The Labute approximate surface area is 408 Å². The van der Waals surface area contributed by atoms with Crippen molar-refractivity contribution in [1.82, 2.24) is 4.57 Å². The number of rotatable bonds is 13. The van der Waals surface area contributed by atoms with E-state index in [0.29, 0.717) is 0 Å². The van der Waals surface area contributed by atoms with Crippen molar-refractivity contribution in [2.45, 2.75) is 0 Å². The van der Waals surface area contributed by atoms with Crippen molar-refractivity contribution < 1.29 is 18.9 Å². The Balaban J connectivity index is 0.00000562. The lowest BCUT2D eigenvalue weighted by Gasteiger charge is -2.26. The molecular formula is C58H49IN4O4. The van der Waals surface area contributed by atoms with E-state index < -0.39 is 0 Å². The molecule has 9 aromatic carbocycles. The maximum atomic E-state index is 6.18. The summed E-state index contributed by atoms with van der Waals surface area (Å²) >= 11 is 0. The minimum absolute atomic E-state index is 0. The van der Waals surface area contributed by atoms with E-state index >= 15 is 0 Å². The molecule has 10 rings (SSSR count). The molecule has 0 saturated carbocycles. The van der Waals surface area contributed by atoms with Gasteiger partial charge in [0.25, 0.3) is 0 Å². The van der Waals surface area contributed by atoms with Gasteiger partial charge in [0, 0.05) is 56.3 Å². The molecular weight excluding hydrogens is 944 g/mol. The predicted octanol–water partition coefficient (Wildman–Crippen LogP) is 15.3. The lowest BCUT2D eigenvalue weighted by Crippen LogP contribution is -2.09. The maximum Gasteiger partial charge on any atom is 0.119 e. The van der Waals surface area contributed by atoms with Crippen LogP contribution in [0.3, 0.4) is 0 Å². The van der Waals surface area contributed by atoms with Gasteiger partial charge < -0.3 is 39.0 Å². The van der Waals surface area contributed by atoms with Gasteiger partial charge in [0.05, 0.1) is 39.5 Å². The van der Waals surface area contributed by atoms with Gasteiger partial charge in [0.15, 0.2) is 0 Å². The summed E-state index contributed by atoms with van der Waals surface area (Å²) in [6.07, 6.45) is 0. The van der Waals surface area contributed by atoms with Crippen molar-refractivity contribution in [2.24, 2.45) is 0 Å². The number of methoxy groups -OCH3 is 4. The third-order valence-electron chi connectivity index (χ3n) is 12.2. The number of hydrogen-bond donors (Lipinski definition) is 1. The summed E-state index contributed by atoms with van der Waals surface area (Å²) in [6.45, 7) is 0. The molecule has 1 aromatic heterocycles. The Hall–Kier alpha value is -7.89. The Kier molecular flexibility index (Phi) is 12.8. The molecule has 8 nitrogen and oxygen atoms in total. The number of halogens is 1. The molecule has 0 saturated heterocycles. The first-order valence-electron chi connectivity index (χ1n) is 21.7. The van der Waals surface area contributed by atoms with E-state index in [9.17, 15) is 0 Å². The van der Waals surface area contributed by atoms with Crippen LogP contribution in [-0.2, 0) is 0 Å². The predicted molar refractivity (Wildman–Crippen MR) is 287 cm³/mol. The highest BCUT2D eigenvalue weighted by molar-refractivity contribution is 14.0. The molecule has 1 heterocycles. The standard InChI is InChI=1S/C58H48N4O4.HI/c1-63-51-27-19-46(20-28-51)60(47-21-29-52(64-2)30-22-47)44-13-5-39(6-14-44)41-9-35-57-55(37-41)56-38-42(10-36-58(56)62(57)50-17-11-43(59)12-18-50)40-7-15-45(16-8-40)61(48-23-31-53(65-3)32-24-48)49-25-33-54(66-4)34-26-49;/h5-38H,59H2,1-4H3;1H. The number of nitrogen functional groups attached to an aromatic ring is 1. The molecule has 0 aliphatic rings. The van der Waals surface area contributed by atoms with E-state index in [1.807, 2.05) is 60.7 Å². The van der Waals surface area contributed by atoms with Gasteiger partial charge >= 0.3 is 0 Å². The van der Waals surface area contributed by atoms with E-state index in [4.69, 9.17) is 24.7 Å². The number of ether oxygens (including phenoxy) is 4. The molecule has 9 heteroatoms. The van der Waals surface area contributed by atoms with E-state index in [2.05, 4.69) is 160 Å². The third kappa shape index (κ3) is 8.81. The molecule has 0 bridgehead atoms. The first-order valence-corrected chi connectivity index (χ1v) is 21.7. The summed E-state index contributed by atoms with van der Waals surface area (Å²) in [5.74, 6) is 3.22. The molecule has 0 unspecified atom stereocenters. The van der Waals surface area contributed by atoms with Crippen molar-refractivity contribution in [3.05, 3.63) is 206 Å². The SMILES string of the molecule is COc1ccc(N(c2ccc(OC)cc2)c2ccc(-c3ccc4c(c3)c3cc(-c5ccc(N(c6ccc(OC)cc6)c6ccc(OC)cc6)cc5)ccc3n4-c3ccc(N)cc3)cc2)cc1.I. The highest BCUT2D eigenvalue weighted by Gasteiger charge is 2.18. The zero-order valence-electron chi connectivity index (χ0n) is 37.6. The molecule has 2 N–H and O–H groups in total. The zero-order valence-corrected chi connectivity index (χ0v) is 39.9. The number of fused-ring (bicyclic) bond motifs is 3. The van der Waals surface area contributed by atoms with Gasteiger partial charge in [-0.1, -0.05) is 36.4 Å². The normalized spacial score (nSPS) is 10.9. The fourth-order valence-corrected chi connectivity index (χ4v) is 8.71.